The van der Waals surface area contributed by atoms with Crippen molar-refractivity contribution in [2.45, 2.75) is 21.4 Å². The molecule has 0 fully saturated rings. The summed E-state index contributed by atoms with van der Waals surface area (Å²) in [6.07, 6.45) is 0.790. The quantitative estimate of drug-likeness (QED) is 0.420. The normalized spacial score (nSPS) is 10.9. The molecule has 5 nitrogen and oxygen atoms in total. The molecule has 2 N–H and O–H groups in total. The van der Waals surface area contributed by atoms with Crippen molar-refractivity contribution >= 4 is 51.6 Å². The van der Waals surface area contributed by atoms with Crippen LogP contribution in [-0.4, -0.2) is 34.2 Å². The maximum atomic E-state index is 12.3. The lowest BCUT2D eigenvalue weighted by molar-refractivity contribution is -0.118. The Balaban J connectivity index is 1.40. The fourth-order valence-corrected chi connectivity index (χ4v) is 4.43. The molecule has 2 aromatic carbocycles. The SMILES string of the molecule is O=C(CSc1nnc(Nc2ccc(SC(F)F)cc2)s1)NCCc1ccccc1. The molecule has 0 aliphatic rings. The van der Waals surface area contributed by atoms with Crippen LogP contribution in [0.5, 0.6) is 0 Å². The topological polar surface area (TPSA) is 66.9 Å². The van der Waals surface area contributed by atoms with Crippen molar-refractivity contribution in [3.8, 4) is 0 Å². The second kappa shape index (κ2) is 11.1. The summed E-state index contributed by atoms with van der Waals surface area (Å²) in [7, 11) is 0. The number of benzene rings is 2. The van der Waals surface area contributed by atoms with E-state index in [-0.39, 0.29) is 11.7 Å². The standard InChI is InChI=1S/C19H18F2N4OS3/c20-17(21)28-15-8-6-14(7-9-15)23-18-24-25-19(29-18)27-12-16(26)22-11-10-13-4-2-1-3-5-13/h1-9,17H,10-12H2,(H,22,26)(H,23,24). The van der Waals surface area contributed by atoms with Gasteiger partial charge in [0.05, 0.1) is 5.75 Å². The lowest BCUT2D eigenvalue weighted by Gasteiger charge is -2.04. The van der Waals surface area contributed by atoms with Gasteiger partial charge in [0, 0.05) is 17.1 Å². The third kappa shape index (κ3) is 7.64. The van der Waals surface area contributed by atoms with E-state index in [4.69, 9.17) is 0 Å². The van der Waals surface area contributed by atoms with E-state index in [1.807, 2.05) is 30.3 Å². The molecule has 0 saturated heterocycles. The van der Waals surface area contributed by atoms with E-state index in [0.717, 1.165) is 12.1 Å². The van der Waals surface area contributed by atoms with Crippen LogP contribution in [0.4, 0.5) is 19.6 Å². The highest BCUT2D eigenvalue weighted by Crippen LogP contribution is 2.29. The first kappa shape index (κ1) is 21.5. The van der Waals surface area contributed by atoms with Gasteiger partial charge in [0.25, 0.3) is 5.76 Å². The minimum Gasteiger partial charge on any atom is -0.355 e. The van der Waals surface area contributed by atoms with Gasteiger partial charge in [-0.2, -0.15) is 8.78 Å². The number of anilines is 2. The Kier molecular flexibility index (Phi) is 8.26. The fraction of sp³-hybridized carbons (Fsp3) is 0.211. The fourth-order valence-electron chi connectivity index (χ4n) is 2.33. The highest BCUT2D eigenvalue weighted by Gasteiger charge is 2.09. The van der Waals surface area contributed by atoms with Crippen molar-refractivity contribution in [1.82, 2.24) is 15.5 Å². The highest BCUT2D eigenvalue weighted by molar-refractivity contribution is 8.01. The number of aromatic nitrogens is 2. The third-order valence-corrected chi connectivity index (χ3v) is 6.34. The second-order valence-corrected chi connectivity index (χ2v) is 9.04. The Hall–Kier alpha value is -2.17. The summed E-state index contributed by atoms with van der Waals surface area (Å²) in [4.78, 5) is 12.5. The molecule has 0 unspecified atom stereocenters. The van der Waals surface area contributed by atoms with E-state index in [0.29, 0.717) is 32.7 Å². The first-order valence-corrected chi connectivity index (χ1v) is 11.4. The molecule has 0 saturated carbocycles. The van der Waals surface area contributed by atoms with Gasteiger partial charge >= 0.3 is 0 Å². The molecular weight excluding hydrogens is 434 g/mol. The Bertz CT molecular complexity index is 907. The van der Waals surface area contributed by atoms with Crippen molar-refractivity contribution in [2.75, 3.05) is 17.6 Å². The Labute approximate surface area is 179 Å². The Morgan fingerprint density at radius 3 is 2.55 bits per heavy atom. The Morgan fingerprint density at radius 2 is 1.83 bits per heavy atom. The van der Waals surface area contributed by atoms with Gasteiger partial charge < -0.3 is 10.6 Å². The number of carbonyl (C=O) groups is 1. The van der Waals surface area contributed by atoms with Gasteiger partial charge in [-0.3, -0.25) is 4.79 Å². The average molecular weight is 453 g/mol. The van der Waals surface area contributed by atoms with Gasteiger partial charge in [-0.25, -0.2) is 0 Å². The number of halogens is 2. The molecule has 1 heterocycles. The van der Waals surface area contributed by atoms with Crippen molar-refractivity contribution in [2.24, 2.45) is 0 Å². The largest absolute Gasteiger partial charge is 0.355 e. The number of hydrogen-bond donors (Lipinski definition) is 2. The predicted octanol–water partition coefficient (Wildman–Crippen LogP) is 5.05. The molecule has 0 bridgehead atoms. The zero-order valence-electron chi connectivity index (χ0n) is 15.2. The van der Waals surface area contributed by atoms with Gasteiger partial charge in [0.1, 0.15) is 0 Å². The minimum absolute atomic E-state index is 0.0530. The average Bonchev–Trinajstić information content (AvgIpc) is 3.16. The summed E-state index contributed by atoms with van der Waals surface area (Å²) in [5.74, 6) is -2.22. The van der Waals surface area contributed by atoms with Crippen LogP contribution < -0.4 is 10.6 Å². The van der Waals surface area contributed by atoms with Crippen LogP contribution in [0.1, 0.15) is 5.56 Å². The highest BCUT2D eigenvalue weighted by atomic mass is 32.2. The van der Waals surface area contributed by atoms with Gasteiger partial charge in [-0.1, -0.05) is 65.2 Å². The van der Waals surface area contributed by atoms with Crippen LogP contribution in [0.15, 0.2) is 63.8 Å². The maximum Gasteiger partial charge on any atom is 0.288 e. The van der Waals surface area contributed by atoms with Crippen molar-refractivity contribution in [3.05, 3.63) is 60.2 Å². The van der Waals surface area contributed by atoms with Gasteiger partial charge in [0.15, 0.2) is 4.34 Å². The molecule has 3 rings (SSSR count). The van der Waals surface area contributed by atoms with Gasteiger partial charge in [-0.15, -0.1) is 10.2 Å². The molecule has 1 aromatic heterocycles. The van der Waals surface area contributed by atoms with E-state index in [2.05, 4.69) is 20.8 Å². The molecule has 10 heteroatoms. The first-order chi connectivity index (χ1) is 14.1. The minimum atomic E-state index is -2.44. The third-order valence-electron chi connectivity index (χ3n) is 3.64. The smallest absolute Gasteiger partial charge is 0.288 e. The maximum absolute atomic E-state index is 12.3. The van der Waals surface area contributed by atoms with Crippen LogP contribution >= 0.6 is 34.9 Å². The second-order valence-electron chi connectivity index (χ2n) is 5.78. The van der Waals surface area contributed by atoms with Crippen molar-refractivity contribution in [3.63, 3.8) is 0 Å². The lowest BCUT2D eigenvalue weighted by Crippen LogP contribution is -2.27. The molecule has 0 atom stereocenters. The number of hydrogen-bond acceptors (Lipinski definition) is 7. The number of carbonyl (C=O) groups excluding carboxylic acids is 1. The summed E-state index contributed by atoms with van der Waals surface area (Å²) >= 11 is 3.15. The number of nitrogens with zero attached hydrogens (tertiary/aromatic N) is 2. The number of nitrogens with one attached hydrogen (secondary N) is 2. The monoisotopic (exact) mass is 452 g/mol. The van der Waals surface area contributed by atoms with Crippen LogP contribution in [0.3, 0.4) is 0 Å². The van der Waals surface area contributed by atoms with Gasteiger partial charge in [0.2, 0.25) is 11.0 Å². The molecular formula is C19H18F2N4OS3. The van der Waals surface area contributed by atoms with Crippen LogP contribution in [0.25, 0.3) is 0 Å². The first-order valence-electron chi connectivity index (χ1n) is 8.67. The summed E-state index contributed by atoms with van der Waals surface area (Å²) < 4.78 is 25.4. The lowest BCUT2D eigenvalue weighted by atomic mass is 10.1. The van der Waals surface area contributed by atoms with E-state index in [1.165, 1.54) is 28.7 Å². The Morgan fingerprint density at radius 1 is 1.07 bits per heavy atom. The van der Waals surface area contributed by atoms with Crippen molar-refractivity contribution < 1.29 is 13.6 Å². The van der Waals surface area contributed by atoms with E-state index >= 15 is 0 Å². The number of thioether (sulfide) groups is 2. The van der Waals surface area contributed by atoms with E-state index in [1.54, 1.807) is 24.3 Å². The van der Waals surface area contributed by atoms with Crippen LogP contribution in [-0.2, 0) is 11.2 Å². The molecule has 3 aromatic rings. The molecule has 0 radical (unpaired) electrons. The van der Waals surface area contributed by atoms with Crippen LogP contribution in [0.2, 0.25) is 0 Å². The summed E-state index contributed by atoms with van der Waals surface area (Å²) in [5, 5.41) is 14.6. The zero-order chi connectivity index (χ0) is 20.5. The molecule has 0 aliphatic carbocycles. The molecule has 29 heavy (non-hydrogen) atoms. The molecule has 1 amide bonds. The number of rotatable bonds is 10. The van der Waals surface area contributed by atoms with E-state index < -0.39 is 5.76 Å². The van der Waals surface area contributed by atoms with Crippen molar-refractivity contribution in [1.29, 1.82) is 0 Å². The summed E-state index contributed by atoms with van der Waals surface area (Å²) in [6.45, 7) is 0.589. The number of amides is 1. The molecule has 0 aliphatic heterocycles. The van der Waals surface area contributed by atoms with Gasteiger partial charge in [-0.05, 0) is 36.2 Å². The predicted molar refractivity (Wildman–Crippen MR) is 115 cm³/mol. The molecule has 0 spiro atoms. The summed E-state index contributed by atoms with van der Waals surface area (Å²) in [6, 6.07) is 16.6. The number of alkyl halides is 2. The molecule has 152 valence electrons. The van der Waals surface area contributed by atoms with Crippen LogP contribution in [0, 0.1) is 0 Å². The summed E-state index contributed by atoms with van der Waals surface area (Å²) in [5.41, 5.74) is 1.91. The van der Waals surface area contributed by atoms with E-state index in [9.17, 15) is 13.6 Å². The zero-order valence-corrected chi connectivity index (χ0v) is 17.6.